The summed E-state index contributed by atoms with van der Waals surface area (Å²) in [6, 6.07) is 8.60. The van der Waals surface area contributed by atoms with E-state index in [2.05, 4.69) is 28.5 Å². The molecular weight excluding hydrogens is 345 g/mol. The Morgan fingerprint density at radius 2 is 2.12 bits per heavy atom. The number of rotatable bonds is 3. The first-order valence-corrected chi connectivity index (χ1v) is 9.04. The van der Waals surface area contributed by atoms with Gasteiger partial charge in [0.15, 0.2) is 0 Å². The molecule has 2 aliphatic heterocycles. The summed E-state index contributed by atoms with van der Waals surface area (Å²) < 4.78 is 0. The minimum absolute atomic E-state index is 0. The van der Waals surface area contributed by atoms with Crippen LogP contribution in [0.2, 0.25) is 5.02 Å². The number of carbonyl (C=O) groups is 1. The number of nitrogens with one attached hydrogen (secondary N) is 2. The predicted molar refractivity (Wildman–Crippen MR) is 102 cm³/mol. The third-order valence-electron chi connectivity index (χ3n) is 4.96. The van der Waals surface area contributed by atoms with Crippen molar-refractivity contribution in [3.8, 4) is 0 Å². The number of para-hydroxylation sites is 1. The molecule has 1 aromatic rings. The molecule has 0 aromatic heterocycles. The number of hydrogen-bond donors (Lipinski definition) is 2. The molecule has 2 heterocycles. The maximum atomic E-state index is 12.5. The Morgan fingerprint density at radius 3 is 2.88 bits per heavy atom. The van der Waals surface area contributed by atoms with Crippen molar-refractivity contribution in [1.82, 2.24) is 10.6 Å². The summed E-state index contributed by atoms with van der Waals surface area (Å²) in [5.41, 5.74) is 1.07. The molecule has 1 unspecified atom stereocenters. The molecule has 24 heavy (non-hydrogen) atoms. The van der Waals surface area contributed by atoms with Gasteiger partial charge in [-0.15, -0.1) is 12.4 Å². The van der Waals surface area contributed by atoms with Crippen LogP contribution in [0.3, 0.4) is 0 Å². The smallest absolute Gasteiger partial charge is 0.223 e. The molecule has 0 aliphatic carbocycles. The number of nitrogens with zero attached hydrogens (tertiary/aromatic N) is 1. The first-order valence-electron chi connectivity index (χ1n) is 8.66. The molecule has 1 aromatic carbocycles. The Morgan fingerprint density at radius 1 is 1.33 bits per heavy atom. The van der Waals surface area contributed by atoms with E-state index in [-0.39, 0.29) is 30.3 Å². The van der Waals surface area contributed by atoms with Crippen LogP contribution in [0.25, 0.3) is 0 Å². The Hall–Kier alpha value is -0.970. The highest BCUT2D eigenvalue weighted by Crippen LogP contribution is 2.28. The summed E-state index contributed by atoms with van der Waals surface area (Å²) in [6.07, 6.45) is 4.01. The number of benzene rings is 1. The zero-order valence-electron chi connectivity index (χ0n) is 14.1. The lowest BCUT2D eigenvalue weighted by Crippen LogP contribution is -2.51. The van der Waals surface area contributed by atoms with E-state index in [4.69, 9.17) is 11.6 Å². The molecule has 0 spiro atoms. The highest BCUT2D eigenvalue weighted by Gasteiger charge is 2.28. The monoisotopic (exact) mass is 371 g/mol. The number of halogens is 2. The van der Waals surface area contributed by atoms with Gasteiger partial charge in [-0.1, -0.05) is 23.7 Å². The molecule has 0 radical (unpaired) electrons. The predicted octanol–water partition coefficient (Wildman–Crippen LogP) is 3.23. The average molecular weight is 372 g/mol. The Kier molecular flexibility index (Phi) is 7.20. The third kappa shape index (κ3) is 4.78. The number of hydrogen-bond acceptors (Lipinski definition) is 3. The third-order valence-corrected chi connectivity index (χ3v) is 5.27. The van der Waals surface area contributed by atoms with E-state index in [1.807, 2.05) is 18.2 Å². The van der Waals surface area contributed by atoms with Crippen LogP contribution >= 0.6 is 24.0 Å². The van der Waals surface area contributed by atoms with Crippen molar-refractivity contribution in [2.24, 2.45) is 5.92 Å². The molecule has 3 atom stereocenters. The lowest BCUT2D eigenvalue weighted by Gasteiger charge is -2.36. The summed E-state index contributed by atoms with van der Waals surface area (Å²) in [6.45, 7) is 4.94. The van der Waals surface area contributed by atoms with Crippen LogP contribution in [-0.2, 0) is 4.79 Å². The number of amides is 1. The molecule has 1 amide bonds. The van der Waals surface area contributed by atoms with Gasteiger partial charge < -0.3 is 15.5 Å². The fourth-order valence-electron chi connectivity index (χ4n) is 3.71. The van der Waals surface area contributed by atoms with Crippen LogP contribution in [0, 0.1) is 5.92 Å². The standard InChI is InChI=1S/C18H26ClN3O.ClH/c1-13-11-14(8-9-20-13)18(23)21-15-5-4-10-22(12-15)17-7-3-2-6-16(17)19;/h2-3,6-7,13-15,20H,4-5,8-12H2,1H3,(H,21,23);1H/t13-,14-,15?;/m0./s1. The van der Waals surface area contributed by atoms with Crippen molar-refractivity contribution in [3.63, 3.8) is 0 Å². The maximum Gasteiger partial charge on any atom is 0.223 e. The minimum Gasteiger partial charge on any atom is -0.368 e. The van der Waals surface area contributed by atoms with Crippen LogP contribution in [-0.4, -0.2) is 37.6 Å². The van der Waals surface area contributed by atoms with Crippen molar-refractivity contribution in [1.29, 1.82) is 0 Å². The lowest BCUT2D eigenvalue weighted by molar-refractivity contribution is -0.126. The van der Waals surface area contributed by atoms with E-state index in [1.165, 1.54) is 0 Å². The number of piperidine rings is 2. The highest BCUT2D eigenvalue weighted by atomic mass is 35.5. The largest absolute Gasteiger partial charge is 0.368 e. The van der Waals surface area contributed by atoms with E-state index in [1.54, 1.807) is 0 Å². The van der Waals surface area contributed by atoms with Gasteiger partial charge in [-0.25, -0.2) is 0 Å². The molecule has 2 N–H and O–H groups in total. The highest BCUT2D eigenvalue weighted by molar-refractivity contribution is 6.33. The van der Waals surface area contributed by atoms with Gasteiger partial charge in [0, 0.05) is 31.1 Å². The first-order chi connectivity index (χ1) is 11.1. The zero-order chi connectivity index (χ0) is 16.2. The van der Waals surface area contributed by atoms with E-state index < -0.39 is 0 Å². The zero-order valence-corrected chi connectivity index (χ0v) is 15.7. The summed E-state index contributed by atoms with van der Waals surface area (Å²) in [5, 5.41) is 7.46. The van der Waals surface area contributed by atoms with Crippen molar-refractivity contribution in [2.75, 3.05) is 24.5 Å². The van der Waals surface area contributed by atoms with Gasteiger partial charge in [0.2, 0.25) is 5.91 Å². The molecule has 2 aliphatic rings. The van der Waals surface area contributed by atoms with Gasteiger partial charge in [-0.2, -0.15) is 0 Å². The summed E-state index contributed by atoms with van der Waals surface area (Å²) in [4.78, 5) is 14.8. The van der Waals surface area contributed by atoms with Crippen LogP contribution in [0.15, 0.2) is 24.3 Å². The summed E-state index contributed by atoms with van der Waals surface area (Å²) >= 11 is 6.31. The minimum atomic E-state index is 0. The Labute approximate surface area is 155 Å². The molecule has 3 rings (SSSR count). The van der Waals surface area contributed by atoms with Crippen molar-refractivity contribution in [2.45, 2.75) is 44.7 Å². The van der Waals surface area contributed by atoms with Gasteiger partial charge >= 0.3 is 0 Å². The van der Waals surface area contributed by atoms with Gasteiger partial charge in [-0.05, 0) is 51.3 Å². The van der Waals surface area contributed by atoms with Gasteiger partial charge in [0.05, 0.1) is 10.7 Å². The fraction of sp³-hybridized carbons (Fsp3) is 0.611. The van der Waals surface area contributed by atoms with Gasteiger partial charge in [-0.3, -0.25) is 4.79 Å². The van der Waals surface area contributed by atoms with Gasteiger partial charge in [0.1, 0.15) is 0 Å². The lowest BCUT2D eigenvalue weighted by atomic mass is 9.92. The van der Waals surface area contributed by atoms with Crippen molar-refractivity contribution >= 4 is 35.6 Å². The molecular formula is C18H27Cl2N3O. The quantitative estimate of drug-likeness (QED) is 0.856. The second kappa shape index (κ2) is 8.93. The second-order valence-electron chi connectivity index (χ2n) is 6.82. The maximum absolute atomic E-state index is 12.5. The van der Waals surface area contributed by atoms with Crippen LogP contribution in [0.5, 0.6) is 0 Å². The number of carbonyl (C=O) groups excluding carboxylic acids is 1. The van der Waals surface area contributed by atoms with E-state index in [9.17, 15) is 4.79 Å². The SMILES string of the molecule is C[C@H]1C[C@@H](C(=O)NC2CCCN(c3ccccc3Cl)C2)CCN1.Cl. The summed E-state index contributed by atoms with van der Waals surface area (Å²) in [5.74, 6) is 0.381. The molecule has 2 fully saturated rings. The topological polar surface area (TPSA) is 44.4 Å². The number of anilines is 1. The van der Waals surface area contributed by atoms with Crippen LogP contribution in [0.4, 0.5) is 5.69 Å². The molecule has 6 heteroatoms. The van der Waals surface area contributed by atoms with Crippen molar-refractivity contribution < 1.29 is 4.79 Å². The molecule has 0 saturated carbocycles. The first kappa shape index (κ1) is 19.4. The average Bonchev–Trinajstić information content (AvgIpc) is 2.55. The molecule has 134 valence electrons. The normalized spacial score (nSPS) is 27.2. The van der Waals surface area contributed by atoms with Crippen LogP contribution < -0.4 is 15.5 Å². The van der Waals surface area contributed by atoms with E-state index in [0.717, 1.165) is 56.0 Å². The molecule has 4 nitrogen and oxygen atoms in total. The van der Waals surface area contributed by atoms with Crippen molar-refractivity contribution in [3.05, 3.63) is 29.3 Å². The fourth-order valence-corrected chi connectivity index (χ4v) is 3.97. The Balaban J connectivity index is 0.00000208. The molecule has 0 bridgehead atoms. The van der Waals surface area contributed by atoms with E-state index in [0.29, 0.717) is 6.04 Å². The summed E-state index contributed by atoms with van der Waals surface area (Å²) in [7, 11) is 0. The van der Waals surface area contributed by atoms with E-state index >= 15 is 0 Å². The van der Waals surface area contributed by atoms with Crippen LogP contribution in [0.1, 0.15) is 32.6 Å². The molecule has 2 saturated heterocycles. The van der Waals surface area contributed by atoms with Gasteiger partial charge in [0.25, 0.3) is 0 Å². The Bertz CT molecular complexity index is 555. The second-order valence-corrected chi connectivity index (χ2v) is 7.23.